The number of carbonyl (C=O) groups excluding carboxylic acids is 2. The predicted molar refractivity (Wildman–Crippen MR) is 76.4 cm³/mol. The number of ether oxygens (including phenoxy) is 1. The van der Waals surface area contributed by atoms with Crippen LogP contribution >= 0.6 is 0 Å². The monoisotopic (exact) mass is 276 g/mol. The zero-order valence-electron chi connectivity index (χ0n) is 11.9. The Morgan fingerprint density at radius 2 is 2.05 bits per heavy atom. The summed E-state index contributed by atoms with van der Waals surface area (Å²) < 4.78 is 5.43. The van der Waals surface area contributed by atoms with Crippen LogP contribution in [0.15, 0.2) is 24.3 Å². The third-order valence-corrected chi connectivity index (χ3v) is 3.22. The highest BCUT2D eigenvalue weighted by atomic mass is 16.5. The van der Waals surface area contributed by atoms with Gasteiger partial charge >= 0.3 is 0 Å². The van der Waals surface area contributed by atoms with E-state index < -0.39 is 0 Å². The highest BCUT2D eigenvalue weighted by Gasteiger charge is 2.21. The topological polar surface area (TPSA) is 58.6 Å². The molecule has 0 aliphatic carbocycles. The number of amides is 2. The van der Waals surface area contributed by atoms with Crippen molar-refractivity contribution in [2.75, 3.05) is 25.0 Å². The Bertz CT molecular complexity index is 484. The second kappa shape index (κ2) is 6.52. The summed E-state index contributed by atoms with van der Waals surface area (Å²) in [6.07, 6.45) is 0.488. The summed E-state index contributed by atoms with van der Waals surface area (Å²) in [6.45, 7) is 5.36. The smallest absolute Gasteiger partial charge is 0.227 e. The van der Waals surface area contributed by atoms with Crippen LogP contribution < -0.4 is 5.32 Å². The van der Waals surface area contributed by atoms with Gasteiger partial charge < -0.3 is 15.0 Å². The molecular formula is C15H20N2O3. The van der Waals surface area contributed by atoms with Crippen molar-refractivity contribution < 1.29 is 14.3 Å². The molecule has 108 valence electrons. The first kappa shape index (κ1) is 14.5. The van der Waals surface area contributed by atoms with Gasteiger partial charge in [-0.1, -0.05) is 12.1 Å². The number of hydrogen-bond acceptors (Lipinski definition) is 3. The molecule has 5 heteroatoms. The third kappa shape index (κ3) is 4.06. The molecule has 20 heavy (non-hydrogen) atoms. The Morgan fingerprint density at radius 3 is 2.65 bits per heavy atom. The fourth-order valence-corrected chi connectivity index (χ4v) is 2.24. The highest BCUT2D eigenvalue weighted by molar-refractivity contribution is 5.88. The van der Waals surface area contributed by atoms with Gasteiger partial charge in [-0.25, -0.2) is 0 Å². The minimum Gasteiger partial charge on any atom is -0.375 e. The van der Waals surface area contributed by atoms with Gasteiger partial charge in [0.15, 0.2) is 0 Å². The van der Waals surface area contributed by atoms with Crippen molar-refractivity contribution in [2.24, 2.45) is 0 Å². The van der Waals surface area contributed by atoms with E-state index in [1.165, 1.54) is 6.92 Å². The van der Waals surface area contributed by atoms with Crippen molar-refractivity contribution in [2.45, 2.75) is 26.4 Å². The van der Waals surface area contributed by atoms with Gasteiger partial charge in [0.1, 0.15) is 0 Å². The lowest BCUT2D eigenvalue weighted by Crippen LogP contribution is -2.45. The number of hydrogen-bond donors (Lipinski definition) is 1. The average Bonchev–Trinajstić information content (AvgIpc) is 2.40. The lowest BCUT2D eigenvalue weighted by molar-refractivity contribution is -0.137. The fraction of sp³-hybridized carbons (Fsp3) is 0.467. The van der Waals surface area contributed by atoms with Crippen LogP contribution in [0.4, 0.5) is 5.69 Å². The van der Waals surface area contributed by atoms with Gasteiger partial charge in [-0.15, -0.1) is 0 Å². The quantitative estimate of drug-likeness (QED) is 0.908. The second-order valence-electron chi connectivity index (χ2n) is 5.08. The molecule has 1 atom stereocenters. The van der Waals surface area contributed by atoms with E-state index in [4.69, 9.17) is 4.74 Å². The maximum atomic E-state index is 12.2. The first-order chi connectivity index (χ1) is 9.54. The molecule has 1 heterocycles. The molecule has 0 saturated carbocycles. The Balaban J connectivity index is 1.92. The van der Waals surface area contributed by atoms with Crippen LogP contribution in [0.1, 0.15) is 19.4 Å². The van der Waals surface area contributed by atoms with Gasteiger partial charge in [0.25, 0.3) is 0 Å². The van der Waals surface area contributed by atoms with E-state index >= 15 is 0 Å². The zero-order valence-corrected chi connectivity index (χ0v) is 11.9. The summed E-state index contributed by atoms with van der Waals surface area (Å²) in [5, 5.41) is 2.70. The lowest BCUT2D eigenvalue weighted by atomic mass is 10.1. The van der Waals surface area contributed by atoms with Crippen LogP contribution in [0, 0.1) is 0 Å². The number of morpholine rings is 1. The van der Waals surface area contributed by atoms with Crippen molar-refractivity contribution in [3.63, 3.8) is 0 Å². The average molecular weight is 276 g/mol. The number of rotatable bonds is 3. The van der Waals surface area contributed by atoms with Crippen molar-refractivity contribution in [3.8, 4) is 0 Å². The molecule has 2 amide bonds. The summed E-state index contributed by atoms with van der Waals surface area (Å²) in [5.41, 5.74) is 1.69. The number of carbonyl (C=O) groups is 2. The third-order valence-electron chi connectivity index (χ3n) is 3.22. The number of nitrogens with zero attached hydrogens (tertiary/aromatic N) is 1. The molecule has 1 aliphatic heterocycles. The molecule has 1 fully saturated rings. The van der Waals surface area contributed by atoms with Crippen LogP contribution in [0.5, 0.6) is 0 Å². The van der Waals surface area contributed by atoms with Crippen molar-refractivity contribution in [1.29, 1.82) is 0 Å². The van der Waals surface area contributed by atoms with E-state index in [0.29, 0.717) is 26.1 Å². The number of anilines is 1. The summed E-state index contributed by atoms with van der Waals surface area (Å²) in [4.78, 5) is 24.9. The molecule has 1 aliphatic rings. The van der Waals surface area contributed by atoms with E-state index in [2.05, 4.69) is 5.32 Å². The van der Waals surface area contributed by atoms with Gasteiger partial charge in [-0.05, 0) is 24.6 Å². The minimum absolute atomic E-state index is 0.101. The van der Waals surface area contributed by atoms with E-state index in [0.717, 1.165) is 11.3 Å². The van der Waals surface area contributed by atoms with E-state index in [9.17, 15) is 9.59 Å². The lowest BCUT2D eigenvalue weighted by Gasteiger charge is -2.31. The molecule has 1 N–H and O–H groups in total. The molecule has 0 radical (unpaired) electrons. The predicted octanol–water partition coefficient (Wildman–Crippen LogP) is 1.43. The normalized spacial score (nSPS) is 18.7. The maximum absolute atomic E-state index is 12.2. The molecule has 2 rings (SSSR count). The molecule has 1 saturated heterocycles. The summed E-state index contributed by atoms with van der Waals surface area (Å²) >= 11 is 0. The molecule has 0 aromatic heterocycles. The SMILES string of the molecule is CC(=O)Nc1ccc(CC(=O)N2CCOC(C)C2)cc1. The maximum Gasteiger partial charge on any atom is 0.227 e. The number of nitrogens with one attached hydrogen (secondary N) is 1. The molecule has 0 spiro atoms. The molecule has 1 unspecified atom stereocenters. The Hall–Kier alpha value is -1.88. The van der Waals surface area contributed by atoms with Crippen molar-refractivity contribution in [1.82, 2.24) is 4.90 Å². The first-order valence-corrected chi connectivity index (χ1v) is 6.80. The molecule has 1 aromatic carbocycles. The van der Waals surface area contributed by atoms with Crippen LogP contribution in [0.25, 0.3) is 0 Å². The standard InChI is InChI=1S/C15H20N2O3/c1-11-10-17(7-8-20-11)15(19)9-13-3-5-14(6-4-13)16-12(2)18/h3-6,11H,7-10H2,1-2H3,(H,16,18). The Kier molecular flexibility index (Phi) is 4.74. The van der Waals surface area contributed by atoms with Crippen LogP contribution in [-0.2, 0) is 20.7 Å². The van der Waals surface area contributed by atoms with Crippen LogP contribution in [-0.4, -0.2) is 42.5 Å². The van der Waals surface area contributed by atoms with E-state index in [1.54, 1.807) is 0 Å². The zero-order chi connectivity index (χ0) is 14.5. The molecule has 0 bridgehead atoms. The first-order valence-electron chi connectivity index (χ1n) is 6.80. The van der Waals surface area contributed by atoms with Gasteiger partial charge in [0.05, 0.1) is 19.1 Å². The number of benzene rings is 1. The molecular weight excluding hydrogens is 256 g/mol. The van der Waals surface area contributed by atoms with Crippen LogP contribution in [0.2, 0.25) is 0 Å². The Morgan fingerprint density at radius 1 is 1.35 bits per heavy atom. The fourth-order valence-electron chi connectivity index (χ4n) is 2.24. The minimum atomic E-state index is -0.101. The van der Waals surface area contributed by atoms with Gasteiger partial charge in [-0.3, -0.25) is 9.59 Å². The molecule has 1 aromatic rings. The Labute approximate surface area is 118 Å². The van der Waals surface area contributed by atoms with Gasteiger partial charge in [-0.2, -0.15) is 0 Å². The van der Waals surface area contributed by atoms with Crippen LogP contribution in [0.3, 0.4) is 0 Å². The van der Waals surface area contributed by atoms with Crippen molar-refractivity contribution >= 4 is 17.5 Å². The van der Waals surface area contributed by atoms with Crippen molar-refractivity contribution in [3.05, 3.63) is 29.8 Å². The second-order valence-corrected chi connectivity index (χ2v) is 5.08. The summed E-state index contributed by atoms with van der Waals surface area (Å²) in [5.74, 6) is 0.0172. The van der Waals surface area contributed by atoms with E-state index in [-0.39, 0.29) is 17.9 Å². The summed E-state index contributed by atoms with van der Waals surface area (Å²) in [6, 6.07) is 7.36. The highest BCUT2D eigenvalue weighted by Crippen LogP contribution is 2.12. The van der Waals surface area contributed by atoms with Gasteiger partial charge in [0, 0.05) is 25.7 Å². The largest absolute Gasteiger partial charge is 0.375 e. The molecule has 5 nitrogen and oxygen atoms in total. The summed E-state index contributed by atoms with van der Waals surface area (Å²) in [7, 11) is 0. The van der Waals surface area contributed by atoms with Gasteiger partial charge in [0.2, 0.25) is 11.8 Å². The van der Waals surface area contributed by atoms with E-state index in [1.807, 2.05) is 36.1 Å².